The van der Waals surface area contributed by atoms with E-state index < -0.39 is 6.08 Å². The van der Waals surface area contributed by atoms with Crippen LogP contribution in [0.1, 0.15) is 6.92 Å². The average Bonchev–Trinajstić information content (AvgIpc) is 2.06. The Morgan fingerprint density at radius 3 is 2.54 bits per heavy atom. The van der Waals surface area contributed by atoms with Gasteiger partial charge in [0.1, 0.15) is 0 Å². The molecule has 0 atom stereocenters. The molecule has 0 fully saturated rings. The van der Waals surface area contributed by atoms with Crippen LogP contribution in [-0.2, 0) is 4.74 Å². The van der Waals surface area contributed by atoms with Gasteiger partial charge in [0.2, 0.25) is 0 Å². The summed E-state index contributed by atoms with van der Waals surface area (Å²) in [5.74, 6) is 0. The minimum Gasteiger partial charge on any atom is -0.600 e. The summed E-state index contributed by atoms with van der Waals surface area (Å²) in [6.45, 7) is 2.10. The first-order chi connectivity index (χ1) is 5.83. The molecule has 4 heteroatoms. The second kappa shape index (κ2) is 6.95. The van der Waals surface area contributed by atoms with Gasteiger partial charge in [0, 0.05) is 0 Å². The molecule has 0 amide bonds. The van der Waals surface area contributed by atoms with Crippen LogP contribution < -0.4 is 34.7 Å². The molecule has 1 aromatic carbocycles. The van der Waals surface area contributed by atoms with Crippen LogP contribution in [0.2, 0.25) is 0 Å². The Balaban J connectivity index is 0.00000144. The molecule has 0 heterocycles. The standard InChI is InChI=1S/C9H11NO2.Na/c1-2-12-9(11)10-8-6-4-3-5-7-8;/h3-7H,2H2,1H3,(H,10,11);/q;+1/p-1. The van der Waals surface area contributed by atoms with Gasteiger partial charge >= 0.3 is 29.6 Å². The molecule has 0 aliphatic rings. The van der Waals surface area contributed by atoms with E-state index in [9.17, 15) is 5.11 Å². The molecule has 0 aliphatic carbocycles. The van der Waals surface area contributed by atoms with E-state index in [1.807, 2.05) is 18.2 Å². The largest absolute Gasteiger partial charge is 1.00 e. The fourth-order valence-electron chi connectivity index (χ4n) is 0.764. The molecule has 0 radical (unpaired) electrons. The van der Waals surface area contributed by atoms with E-state index in [0.29, 0.717) is 12.3 Å². The summed E-state index contributed by atoms with van der Waals surface area (Å²) in [6.07, 6.45) is -0.538. The second-order valence-electron chi connectivity index (χ2n) is 2.15. The van der Waals surface area contributed by atoms with E-state index in [-0.39, 0.29) is 29.6 Å². The molecule has 0 saturated heterocycles. The Bertz CT molecular complexity index is 262. The van der Waals surface area contributed by atoms with Gasteiger partial charge in [-0.25, -0.2) is 4.99 Å². The van der Waals surface area contributed by atoms with Gasteiger partial charge in [-0.1, -0.05) is 25.1 Å². The van der Waals surface area contributed by atoms with Crippen molar-refractivity contribution in [2.75, 3.05) is 6.61 Å². The summed E-state index contributed by atoms with van der Waals surface area (Å²) in [5, 5.41) is 10.8. The number of hydrogen-bond donors (Lipinski definition) is 0. The number of ether oxygens (including phenoxy) is 1. The summed E-state index contributed by atoms with van der Waals surface area (Å²) in [4.78, 5) is 3.69. The molecule has 3 nitrogen and oxygen atoms in total. The van der Waals surface area contributed by atoms with Crippen molar-refractivity contribution in [1.82, 2.24) is 0 Å². The van der Waals surface area contributed by atoms with Crippen LogP contribution in [0.15, 0.2) is 35.3 Å². The minimum absolute atomic E-state index is 0. The molecule has 0 N–H and O–H groups in total. The molecular formula is C9H10NNaO2. The molecule has 0 saturated carbocycles. The van der Waals surface area contributed by atoms with Gasteiger partial charge in [0.15, 0.2) is 6.08 Å². The van der Waals surface area contributed by atoms with E-state index in [0.717, 1.165) is 0 Å². The van der Waals surface area contributed by atoms with Gasteiger partial charge in [0.05, 0.1) is 5.69 Å². The van der Waals surface area contributed by atoms with E-state index >= 15 is 0 Å². The van der Waals surface area contributed by atoms with Gasteiger partial charge < -0.3 is 9.84 Å². The minimum atomic E-state index is -0.538. The molecule has 64 valence electrons. The third-order valence-corrected chi connectivity index (χ3v) is 1.24. The zero-order valence-electron chi connectivity index (χ0n) is 7.86. The summed E-state index contributed by atoms with van der Waals surface area (Å²) < 4.78 is 4.64. The van der Waals surface area contributed by atoms with Crippen LogP contribution in [-0.4, -0.2) is 12.7 Å². The molecule has 1 rings (SSSR count). The van der Waals surface area contributed by atoms with Gasteiger partial charge in [-0.05, 0) is 18.7 Å². The van der Waals surface area contributed by atoms with E-state index in [1.54, 1.807) is 19.1 Å². The predicted octanol–water partition coefficient (Wildman–Crippen LogP) is -1.93. The molecule has 0 unspecified atom stereocenters. The number of rotatable bonds is 2. The Labute approximate surface area is 99.7 Å². The number of hydrogen-bond acceptors (Lipinski definition) is 3. The molecule has 13 heavy (non-hydrogen) atoms. The molecular weight excluding hydrogens is 177 g/mol. The van der Waals surface area contributed by atoms with Crippen molar-refractivity contribution in [3.05, 3.63) is 30.3 Å². The number of para-hydroxylation sites is 1. The van der Waals surface area contributed by atoms with Gasteiger partial charge in [-0.2, -0.15) is 0 Å². The maximum Gasteiger partial charge on any atom is 1.00 e. The Morgan fingerprint density at radius 1 is 1.38 bits per heavy atom. The van der Waals surface area contributed by atoms with Crippen molar-refractivity contribution in [2.45, 2.75) is 6.92 Å². The normalized spacial score (nSPS) is 10.4. The maximum absolute atomic E-state index is 10.8. The topological polar surface area (TPSA) is 44.6 Å². The quantitative estimate of drug-likeness (QED) is 0.307. The summed E-state index contributed by atoms with van der Waals surface area (Å²) in [6, 6.07) is 8.99. The first kappa shape index (κ1) is 12.5. The number of nitrogens with zero attached hydrogens (tertiary/aromatic N) is 1. The van der Waals surface area contributed by atoms with Crippen LogP contribution >= 0.6 is 0 Å². The zero-order chi connectivity index (χ0) is 8.81. The first-order valence-corrected chi connectivity index (χ1v) is 3.76. The molecule has 0 spiro atoms. The van der Waals surface area contributed by atoms with E-state index in [1.165, 1.54) is 0 Å². The third kappa shape index (κ3) is 4.93. The van der Waals surface area contributed by atoms with Crippen molar-refractivity contribution in [2.24, 2.45) is 4.99 Å². The van der Waals surface area contributed by atoms with Crippen LogP contribution in [0, 0.1) is 0 Å². The van der Waals surface area contributed by atoms with Crippen LogP contribution in [0.4, 0.5) is 5.69 Å². The fraction of sp³-hybridized carbons (Fsp3) is 0.222. The van der Waals surface area contributed by atoms with Crippen LogP contribution in [0.5, 0.6) is 0 Å². The molecule has 1 aromatic rings. The Hall–Kier alpha value is -0.510. The third-order valence-electron chi connectivity index (χ3n) is 1.24. The summed E-state index contributed by atoms with van der Waals surface area (Å²) in [7, 11) is 0. The van der Waals surface area contributed by atoms with E-state index in [4.69, 9.17) is 0 Å². The van der Waals surface area contributed by atoms with Crippen LogP contribution in [0.3, 0.4) is 0 Å². The summed E-state index contributed by atoms with van der Waals surface area (Å²) in [5.41, 5.74) is 0.621. The van der Waals surface area contributed by atoms with E-state index in [2.05, 4.69) is 9.73 Å². The average molecular weight is 187 g/mol. The summed E-state index contributed by atoms with van der Waals surface area (Å²) >= 11 is 0. The van der Waals surface area contributed by atoms with Crippen LogP contribution in [0.25, 0.3) is 0 Å². The van der Waals surface area contributed by atoms with Crippen molar-refractivity contribution in [3.63, 3.8) is 0 Å². The van der Waals surface area contributed by atoms with Crippen molar-refractivity contribution in [3.8, 4) is 0 Å². The molecule has 0 bridgehead atoms. The van der Waals surface area contributed by atoms with Crippen molar-refractivity contribution in [1.29, 1.82) is 0 Å². The Morgan fingerprint density at radius 2 is 2.00 bits per heavy atom. The maximum atomic E-state index is 10.8. The molecule has 0 aliphatic heterocycles. The predicted molar refractivity (Wildman–Crippen MR) is 45.2 cm³/mol. The van der Waals surface area contributed by atoms with Crippen molar-refractivity contribution >= 4 is 11.8 Å². The number of aliphatic imine (C=N–C) groups is 1. The van der Waals surface area contributed by atoms with Gasteiger partial charge in [0.25, 0.3) is 0 Å². The SMILES string of the molecule is CCOC([O-])=Nc1ccccc1.[Na+]. The molecule has 0 aromatic heterocycles. The fourth-order valence-corrected chi connectivity index (χ4v) is 0.764. The monoisotopic (exact) mass is 187 g/mol. The smallest absolute Gasteiger partial charge is 0.600 e. The Kier molecular flexibility index (Phi) is 6.68. The number of benzene rings is 1. The van der Waals surface area contributed by atoms with Gasteiger partial charge in [-0.3, -0.25) is 0 Å². The van der Waals surface area contributed by atoms with Crippen molar-refractivity contribution < 1.29 is 39.4 Å². The zero-order valence-corrected chi connectivity index (χ0v) is 9.86. The van der Waals surface area contributed by atoms with Gasteiger partial charge in [-0.15, -0.1) is 0 Å². The second-order valence-corrected chi connectivity index (χ2v) is 2.15. The first-order valence-electron chi connectivity index (χ1n) is 3.76.